The van der Waals surface area contributed by atoms with Gasteiger partial charge in [0.2, 0.25) is 5.91 Å². The Labute approximate surface area is 112 Å². The fraction of sp³-hybridized carbons (Fsp3) is 0.500. The number of ether oxygens (including phenoxy) is 1. The van der Waals surface area contributed by atoms with Gasteiger partial charge in [-0.3, -0.25) is 4.79 Å². The van der Waals surface area contributed by atoms with E-state index in [0.717, 1.165) is 19.4 Å². The first-order valence-corrected chi connectivity index (χ1v) is 6.49. The van der Waals surface area contributed by atoms with Crippen molar-refractivity contribution in [2.75, 3.05) is 19.0 Å². The summed E-state index contributed by atoms with van der Waals surface area (Å²) in [5, 5.41) is 6.01. The number of carbonyl (C=O) groups is 1. The van der Waals surface area contributed by atoms with Crippen LogP contribution < -0.4 is 15.4 Å². The third-order valence-electron chi connectivity index (χ3n) is 3.47. The predicted molar refractivity (Wildman–Crippen MR) is 71.8 cm³/mol. The molecule has 1 heterocycles. The first-order valence-electron chi connectivity index (χ1n) is 6.49. The Morgan fingerprint density at radius 1 is 1.53 bits per heavy atom. The molecule has 104 valence electrons. The quantitative estimate of drug-likeness (QED) is 0.881. The Morgan fingerprint density at radius 2 is 2.32 bits per heavy atom. The fourth-order valence-corrected chi connectivity index (χ4v) is 2.38. The van der Waals surface area contributed by atoms with Gasteiger partial charge < -0.3 is 15.4 Å². The number of halogens is 1. The van der Waals surface area contributed by atoms with Gasteiger partial charge in [0.15, 0.2) is 0 Å². The van der Waals surface area contributed by atoms with E-state index in [9.17, 15) is 9.18 Å². The molecule has 0 bridgehead atoms. The smallest absolute Gasteiger partial charge is 0.241 e. The molecule has 0 aliphatic carbocycles. The molecular formula is C14H19FN2O2. The Bertz CT molecular complexity index is 465. The molecule has 2 N–H and O–H groups in total. The molecule has 0 saturated carbocycles. The maximum absolute atomic E-state index is 13.1. The van der Waals surface area contributed by atoms with Crippen molar-refractivity contribution in [1.82, 2.24) is 5.32 Å². The number of nitrogens with one attached hydrogen (secondary N) is 2. The van der Waals surface area contributed by atoms with Gasteiger partial charge in [0, 0.05) is 6.07 Å². The van der Waals surface area contributed by atoms with E-state index >= 15 is 0 Å². The summed E-state index contributed by atoms with van der Waals surface area (Å²) >= 11 is 0. The summed E-state index contributed by atoms with van der Waals surface area (Å²) in [6, 6.07) is 3.87. The first-order chi connectivity index (χ1) is 9.11. The zero-order valence-corrected chi connectivity index (χ0v) is 11.2. The highest BCUT2D eigenvalue weighted by atomic mass is 19.1. The molecule has 5 heteroatoms. The van der Waals surface area contributed by atoms with E-state index in [1.807, 2.05) is 0 Å². The van der Waals surface area contributed by atoms with E-state index in [-0.39, 0.29) is 17.8 Å². The standard InChI is InChI=1S/C14H19FN2O2/c1-9-4-3-7-16-13(9)14(18)17-11-6-5-10(15)8-12(11)19-2/h5-6,8-9,13,16H,3-4,7H2,1-2H3,(H,17,18). The molecule has 2 unspecified atom stereocenters. The summed E-state index contributed by atoms with van der Waals surface area (Å²) in [7, 11) is 1.45. The Kier molecular flexibility index (Phi) is 4.37. The van der Waals surface area contributed by atoms with Crippen LogP contribution in [0.25, 0.3) is 0 Å². The highest BCUT2D eigenvalue weighted by Gasteiger charge is 2.27. The normalized spacial score (nSPS) is 22.9. The van der Waals surface area contributed by atoms with Crippen molar-refractivity contribution in [3.8, 4) is 5.75 Å². The molecule has 1 amide bonds. The van der Waals surface area contributed by atoms with Crippen LogP contribution in [-0.4, -0.2) is 25.6 Å². The van der Waals surface area contributed by atoms with Crippen LogP contribution in [0, 0.1) is 11.7 Å². The topological polar surface area (TPSA) is 50.4 Å². The van der Waals surface area contributed by atoms with Crippen LogP contribution in [0.4, 0.5) is 10.1 Å². The molecule has 1 aliphatic rings. The molecule has 1 aromatic carbocycles. The van der Waals surface area contributed by atoms with Crippen molar-refractivity contribution in [2.24, 2.45) is 5.92 Å². The van der Waals surface area contributed by atoms with E-state index in [2.05, 4.69) is 17.6 Å². The molecule has 1 aliphatic heterocycles. The van der Waals surface area contributed by atoms with Crippen LogP contribution >= 0.6 is 0 Å². The summed E-state index contributed by atoms with van der Waals surface area (Å²) in [6.07, 6.45) is 2.12. The average Bonchev–Trinajstić information content (AvgIpc) is 2.41. The first kappa shape index (κ1) is 13.8. The minimum atomic E-state index is -0.390. The molecule has 0 aromatic heterocycles. The zero-order valence-electron chi connectivity index (χ0n) is 11.2. The number of anilines is 1. The second-order valence-corrected chi connectivity index (χ2v) is 4.89. The lowest BCUT2D eigenvalue weighted by molar-refractivity contribution is -0.119. The van der Waals surface area contributed by atoms with Crippen molar-refractivity contribution in [3.63, 3.8) is 0 Å². The number of rotatable bonds is 3. The molecule has 19 heavy (non-hydrogen) atoms. The highest BCUT2D eigenvalue weighted by molar-refractivity contribution is 5.96. The summed E-state index contributed by atoms with van der Waals surface area (Å²) in [5.74, 6) is 0.133. The van der Waals surface area contributed by atoms with E-state index < -0.39 is 0 Å². The van der Waals surface area contributed by atoms with Crippen LogP contribution in [0.1, 0.15) is 19.8 Å². The van der Waals surface area contributed by atoms with Crippen molar-refractivity contribution in [1.29, 1.82) is 0 Å². The number of amides is 1. The minimum Gasteiger partial charge on any atom is -0.494 e. The van der Waals surface area contributed by atoms with Gasteiger partial charge in [0.25, 0.3) is 0 Å². The van der Waals surface area contributed by atoms with Gasteiger partial charge in [-0.25, -0.2) is 4.39 Å². The van der Waals surface area contributed by atoms with Gasteiger partial charge in [-0.15, -0.1) is 0 Å². The fourth-order valence-electron chi connectivity index (χ4n) is 2.38. The molecule has 0 radical (unpaired) electrons. The Hall–Kier alpha value is -1.62. The Morgan fingerprint density at radius 3 is 3.00 bits per heavy atom. The van der Waals surface area contributed by atoms with Gasteiger partial charge in [-0.1, -0.05) is 6.92 Å². The van der Waals surface area contributed by atoms with Gasteiger partial charge in [0.05, 0.1) is 18.8 Å². The number of hydrogen-bond donors (Lipinski definition) is 2. The molecule has 2 atom stereocenters. The molecule has 2 rings (SSSR count). The van der Waals surface area contributed by atoms with Gasteiger partial charge >= 0.3 is 0 Å². The summed E-state index contributed by atoms with van der Waals surface area (Å²) in [5.41, 5.74) is 0.494. The van der Waals surface area contributed by atoms with E-state index in [0.29, 0.717) is 17.4 Å². The predicted octanol–water partition coefficient (Wildman–Crippen LogP) is 2.16. The monoisotopic (exact) mass is 266 g/mol. The van der Waals surface area contributed by atoms with E-state index in [1.54, 1.807) is 0 Å². The zero-order chi connectivity index (χ0) is 13.8. The lowest BCUT2D eigenvalue weighted by Crippen LogP contribution is -2.48. The third-order valence-corrected chi connectivity index (χ3v) is 3.47. The number of benzene rings is 1. The van der Waals surface area contributed by atoms with Crippen LogP contribution in [-0.2, 0) is 4.79 Å². The second-order valence-electron chi connectivity index (χ2n) is 4.89. The van der Waals surface area contributed by atoms with Crippen molar-refractivity contribution in [2.45, 2.75) is 25.8 Å². The van der Waals surface area contributed by atoms with Gasteiger partial charge in [-0.2, -0.15) is 0 Å². The third kappa shape index (κ3) is 3.23. The lowest BCUT2D eigenvalue weighted by atomic mass is 9.92. The van der Waals surface area contributed by atoms with Gasteiger partial charge in [0.1, 0.15) is 11.6 Å². The average molecular weight is 266 g/mol. The van der Waals surface area contributed by atoms with Crippen LogP contribution in [0.5, 0.6) is 5.75 Å². The van der Waals surface area contributed by atoms with Crippen molar-refractivity contribution in [3.05, 3.63) is 24.0 Å². The summed E-state index contributed by atoms with van der Waals surface area (Å²) in [6.45, 7) is 2.90. The molecular weight excluding hydrogens is 247 g/mol. The van der Waals surface area contributed by atoms with Crippen molar-refractivity contribution >= 4 is 11.6 Å². The molecule has 1 aromatic rings. The van der Waals surface area contributed by atoms with E-state index in [1.165, 1.54) is 25.3 Å². The molecule has 4 nitrogen and oxygen atoms in total. The molecule has 1 saturated heterocycles. The van der Waals surface area contributed by atoms with Crippen LogP contribution in [0.2, 0.25) is 0 Å². The number of piperidine rings is 1. The minimum absolute atomic E-state index is 0.0999. The maximum Gasteiger partial charge on any atom is 0.241 e. The lowest BCUT2D eigenvalue weighted by Gasteiger charge is -2.29. The maximum atomic E-state index is 13.1. The largest absolute Gasteiger partial charge is 0.494 e. The number of hydrogen-bond acceptors (Lipinski definition) is 3. The highest BCUT2D eigenvalue weighted by Crippen LogP contribution is 2.26. The Balaban J connectivity index is 2.10. The summed E-state index contributed by atoms with van der Waals surface area (Å²) in [4.78, 5) is 12.2. The van der Waals surface area contributed by atoms with Crippen LogP contribution in [0.3, 0.4) is 0 Å². The summed E-state index contributed by atoms with van der Waals surface area (Å²) < 4.78 is 18.1. The van der Waals surface area contributed by atoms with Crippen molar-refractivity contribution < 1.29 is 13.9 Å². The number of carbonyl (C=O) groups excluding carboxylic acids is 1. The molecule has 0 spiro atoms. The second kappa shape index (κ2) is 6.02. The molecule has 1 fully saturated rings. The SMILES string of the molecule is COc1cc(F)ccc1NC(=O)C1NCCCC1C. The number of methoxy groups -OCH3 is 1. The van der Waals surface area contributed by atoms with E-state index in [4.69, 9.17) is 4.74 Å². The van der Waals surface area contributed by atoms with Crippen LogP contribution in [0.15, 0.2) is 18.2 Å². The van der Waals surface area contributed by atoms with Gasteiger partial charge in [-0.05, 0) is 37.4 Å².